The first-order valence-corrected chi connectivity index (χ1v) is 30.1. The van der Waals surface area contributed by atoms with Crippen LogP contribution in [0.25, 0.3) is 64.6 Å². The maximum atomic E-state index is 6.18. The van der Waals surface area contributed by atoms with E-state index in [0.29, 0.717) is 0 Å². The zero-order valence-corrected chi connectivity index (χ0v) is 40.8. The molecule has 0 saturated carbocycles. The topological polar surface area (TPSA) is 38.9 Å². The predicted molar refractivity (Wildman–Crippen MR) is 251 cm³/mol. The largest absolute Gasteiger partial charge is 0.305 e. The fraction of sp³-hybridized carbons (Fsp3) is 0.216. The number of thiophene rings is 1. The van der Waals surface area contributed by atoms with Crippen molar-refractivity contribution in [3.8, 4) is 22.5 Å². The minimum absolute atomic E-state index is 0. The molecular formula is C51H50GeIrN2OSSi-2. The molecule has 0 spiro atoms. The smallest absolute Gasteiger partial charge is 0.0795 e. The SMILES string of the molecule is C[CH2][Ge]([CH2]C)([CH2]C)[c]1ccc(-c2[c-]cc3oc4ccccc4c3c2Cc2ccccc2)nc1.Cc1c[c-]c(-c2ccc([Si](C)(C)C)cn2)c2sc3ccccc3c12.[Ir]. The van der Waals surface area contributed by atoms with Gasteiger partial charge < -0.3 is 4.98 Å². The molecule has 0 atom stereocenters. The number of fused-ring (bicyclic) bond motifs is 6. The van der Waals surface area contributed by atoms with E-state index in [4.69, 9.17) is 14.4 Å². The number of furan rings is 1. The third kappa shape index (κ3) is 8.07. The Morgan fingerprint density at radius 1 is 0.655 bits per heavy atom. The van der Waals surface area contributed by atoms with E-state index in [0.717, 1.165) is 45.5 Å². The van der Waals surface area contributed by atoms with Gasteiger partial charge in [0.1, 0.15) is 0 Å². The zero-order valence-electron chi connectivity index (χ0n) is 34.5. The molecule has 3 nitrogen and oxygen atoms in total. The van der Waals surface area contributed by atoms with Crippen molar-refractivity contribution in [2.24, 2.45) is 0 Å². The predicted octanol–water partition coefficient (Wildman–Crippen LogP) is 13.5. The summed E-state index contributed by atoms with van der Waals surface area (Å²) in [6.45, 7) is 16.3. The van der Waals surface area contributed by atoms with Crippen LogP contribution in [0.5, 0.6) is 0 Å². The molecule has 7 heteroatoms. The van der Waals surface area contributed by atoms with Gasteiger partial charge in [-0.3, -0.25) is 0 Å². The molecule has 0 unspecified atom stereocenters. The van der Waals surface area contributed by atoms with E-state index in [2.05, 4.69) is 169 Å². The van der Waals surface area contributed by atoms with Crippen molar-refractivity contribution in [1.82, 2.24) is 9.97 Å². The van der Waals surface area contributed by atoms with E-state index in [1.807, 2.05) is 29.5 Å². The second-order valence-corrected chi connectivity index (χ2v) is 33.4. The van der Waals surface area contributed by atoms with Gasteiger partial charge in [-0.2, -0.15) is 11.3 Å². The number of hydrogen-bond acceptors (Lipinski definition) is 4. The van der Waals surface area contributed by atoms with Crippen molar-refractivity contribution in [3.05, 3.63) is 156 Å². The summed E-state index contributed by atoms with van der Waals surface area (Å²) in [5.41, 5.74) is 9.82. The van der Waals surface area contributed by atoms with E-state index in [1.54, 1.807) is 0 Å². The van der Waals surface area contributed by atoms with E-state index >= 15 is 0 Å². The van der Waals surface area contributed by atoms with Crippen molar-refractivity contribution >= 4 is 84.4 Å². The molecule has 0 bridgehead atoms. The van der Waals surface area contributed by atoms with Gasteiger partial charge in [-0.05, 0) is 27.0 Å². The van der Waals surface area contributed by atoms with Gasteiger partial charge in [0.25, 0.3) is 0 Å². The maximum absolute atomic E-state index is 6.18. The quantitative estimate of drug-likeness (QED) is 0.107. The van der Waals surface area contributed by atoms with Gasteiger partial charge in [-0.25, -0.2) is 0 Å². The van der Waals surface area contributed by atoms with Crippen LogP contribution in [-0.4, -0.2) is 31.3 Å². The van der Waals surface area contributed by atoms with Crippen LogP contribution in [0.3, 0.4) is 0 Å². The van der Waals surface area contributed by atoms with Gasteiger partial charge in [-0.15, -0.1) is 23.3 Å². The van der Waals surface area contributed by atoms with Crippen molar-refractivity contribution < 1.29 is 24.5 Å². The third-order valence-corrected chi connectivity index (χ3v) is 26.9. The molecule has 0 N–H and O–H groups in total. The summed E-state index contributed by atoms with van der Waals surface area (Å²) < 4.78 is 10.3. The van der Waals surface area contributed by atoms with Crippen LogP contribution >= 0.6 is 11.3 Å². The number of hydrogen-bond donors (Lipinski definition) is 0. The molecule has 0 fully saturated rings. The Morgan fingerprint density at radius 3 is 1.97 bits per heavy atom. The van der Waals surface area contributed by atoms with Crippen molar-refractivity contribution in [2.45, 2.75) is 69.5 Å². The van der Waals surface area contributed by atoms with Crippen LogP contribution in [0.1, 0.15) is 37.5 Å². The van der Waals surface area contributed by atoms with Crippen molar-refractivity contribution in [3.63, 3.8) is 0 Å². The molecule has 0 saturated heterocycles. The van der Waals surface area contributed by atoms with Crippen molar-refractivity contribution in [1.29, 1.82) is 0 Å². The number of para-hydroxylation sites is 1. The minimum Gasteiger partial charge on any atom is -0.305 e. The number of aromatic nitrogens is 2. The Morgan fingerprint density at radius 2 is 1.29 bits per heavy atom. The zero-order chi connectivity index (χ0) is 39.7. The first kappa shape index (κ1) is 42.0. The van der Waals surface area contributed by atoms with E-state index in [1.165, 1.54) is 67.6 Å². The molecular weight excluding hydrogens is 982 g/mol. The summed E-state index contributed by atoms with van der Waals surface area (Å²) in [4.78, 5) is 9.79. The molecule has 1 radical (unpaired) electrons. The fourth-order valence-electron chi connectivity index (χ4n) is 8.36. The van der Waals surface area contributed by atoms with E-state index in [-0.39, 0.29) is 20.1 Å². The molecule has 0 aliphatic heterocycles. The molecule has 9 aromatic rings. The second kappa shape index (κ2) is 17.6. The first-order valence-electron chi connectivity index (χ1n) is 20.3. The Hall–Kier alpha value is -4.17. The summed E-state index contributed by atoms with van der Waals surface area (Å²) >= 11 is -0.182. The Kier molecular flexibility index (Phi) is 12.7. The van der Waals surface area contributed by atoms with Crippen LogP contribution in [0.4, 0.5) is 0 Å². The number of benzene rings is 5. The van der Waals surface area contributed by atoms with Gasteiger partial charge in [0.05, 0.1) is 8.07 Å². The summed E-state index contributed by atoms with van der Waals surface area (Å²) in [6.07, 6.45) is 5.05. The summed E-state index contributed by atoms with van der Waals surface area (Å²) in [5.74, 6) is 0. The average molecular weight is 1030 g/mol. The van der Waals surface area contributed by atoms with Gasteiger partial charge in [0.2, 0.25) is 0 Å². The van der Waals surface area contributed by atoms with Crippen LogP contribution in [0, 0.1) is 19.1 Å². The Labute approximate surface area is 364 Å². The summed E-state index contributed by atoms with van der Waals surface area (Å²) in [7, 11) is -1.32. The summed E-state index contributed by atoms with van der Waals surface area (Å²) in [5, 5.41) is 10.3. The van der Waals surface area contributed by atoms with E-state index < -0.39 is 21.3 Å². The normalized spacial score (nSPS) is 11.8. The molecule has 58 heavy (non-hydrogen) atoms. The minimum atomic E-state index is -2.03. The maximum Gasteiger partial charge on any atom is 0.0795 e. The third-order valence-electron chi connectivity index (χ3n) is 12.0. The monoisotopic (exact) mass is 1030 g/mol. The van der Waals surface area contributed by atoms with Gasteiger partial charge in [-0.1, -0.05) is 62.3 Å². The molecule has 0 aliphatic carbocycles. The number of rotatable bonds is 9. The van der Waals surface area contributed by atoms with Crippen LogP contribution < -0.4 is 9.58 Å². The Bertz CT molecular complexity index is 2810. The number of aryl methyl sites for hydroxylation is 1. The standard InChI is InChI=1S/C30H30GeNO.C21H20NSSi.Ir/c1-4-31(5-2,6-3)23-16-18-27(32-21-23)24-17-19-29-30(25-14-10-11-15-28(25)33-29)26(24)20-22-12-8-7-9-13-22;1-14-9-11-16(18-12-10-15(13-22-18)24(2,3)4)21-20(14)17-7-5-6-8-19(17)23-21;/h7-16,18-19,21H,4-6,20H2,1-3H3;5-10,12-13H,1-4H3;/q2*-1;. The van der Waals surface area contributed by atoms with Crippen LogP contribution in [-0.2, 0) is 26.5 Å². The van der Waals surface area contributed by atoms with E-state index in [9.17, 15) is 0 Å². The molecule has 295 valence electrons. The first-order chi connectivity index (χ1) is 27.6. The van der Waals surface area contributed by atoms with Crippen LogP contribution in [0.15, 0.2) is 132 Å². The van der Waals surface area contributed by atoms with Crippen LogP contribution in [0.2, 0.25) is 35.4 Å². The molecule has 4 aromatic heterocycles. The van der Waals surface area contributed by atoms with Crippen molar-refractivity contribution in [2.75, 3.05) is 0 Å². The number of pyridine rings is 2. The molecule has 5 aromatic carbocycles. The molecule has 4 heterocycles. The molecule has 9 rings (SSSR count). The van der Waals surface area contributed by atoms with Gasteiger partial charge in [0.15, 0.2) is 0 Å². The fourth-order valence-corrected chi connectivity index (χ4v) is 18.0. The molecule has 0 aliphatic rings. The average Bonchev–Trinajstić information content (AvgIpc) is 3.83. The van der Waals surface area contributed by atoms with Gasteiger partial charge in [0, 0.05) is 31.0 Å². The molecule has 0 amide bonds. The number of nitrogens with zero attached hydrogens (tertiary/aromatic N) is 2. The summed E-state index contributed by atoms with van der Waals surface area (Å²) in [6, 6.07) is 47.7. The van der Waals surface area contributed by atoms with Gasteiger partial charge >= 0.3 is 199 Å². The second-order valence-electron chi connectivity index (χ2n) is 16.2. The Balaban J connectivity index is 0.000000182.